The summed E-state index contributed by atoms with van der Waals surface area (Å²) in [5.74, 6) is -1.59. The molecule has 0 aromatic rings. The summed E-state index contributed by atoms with van der Waals surface area (Å²) in [5, 5.41) is 0. The van der Waals surface area contributed by atoms with Crippen LogP contribution in [-0.4, -0.2) is 98.4 Å². The van der Waals surface area contributed by atoms with Crippen molar-refractivity contribution >= 4 is 23.9 Å². The first kappa shape index (κ1) is 57.9. The van der Waals surface area contributed by atoms with Gasteiger partial charge in [0.05, 0.1) is 0 Å². The molecule has 0 aromatic heterocycles. The van der Waals surface area contributed by atoms with Gasteiger partial charge >= 0.3 is 23.9 Å². The number of rotatable bonds is 45. The van der Waals surface area contributed by atoms with Gasteiger partial charge in [-0.2, -0.15) is 0 Å². The molecule has 2 saturated heterocycles. The van der Waals surface area contributed by atoms with Gasteiger partial charge in [0.15, 0.2) is 12.2 Å². The maximum absolute atomic E-state index is 13.3. The lowest BCUT2D eigenvalue weighted by Gasteiger charge is -2.27. The minimum Gasteiger partial charge on any atom is -0.462 e. The van der Waals surface area contributed by atoms with E-state index in [0.717, 1.165) is 77.8 Å². The molecule has 0 radical (unpaired) electrons. The van der Waals surface area contributed by atoms with E-state index in [2.05, 4.69) is 23.6 Å². The van der Waals surface area contributed by atoms with Crippen LogP contribution in [0.25, 0.3) is 0 Å². The van der Waals surface area contributed by atoms with Gasteiger partial charge in [0, 0.05) is 25.7 Å². The molecule has 10 nitrogen and oxygen atoms in total. The monoisotopic (exact) mass is 905 g/mol. The zero-order chi connectivity index (χ0) is 46.0. The SMILES string of the molecule is CCCCCCCCCCCCCCCCC(=O)OCC(OC(=O)CCCN1CCCC1)C(COC(=O)CCCCCCCCCCCCCCCC)OC(=O)CCCN1CCCC1. The van der Waals surface area contributed by atoms with Crippen LogP contribution in [0.5, 0.6) is 0 Å². The lowest BCUT2D eigenvalue weighted by atomic mass is 10.0. The summed E-state index contributed by atoms with van der Waals surface area (Å²) in [6, 6.07) is 0. The molecule has 0 bridgehead atoms. The summed E-state index contributed by atoms with van der Waals surface area (Å²) in [6.45, 7) is 9.86. The van der Waals surface area contributed by atoms with Crippen molar-refractivity contribution in [1.82, 2.24) is 9.80 Å². The van der Waals surface area contributed by atoms with Gasteiger partial charge in [-0.3, -0.25) is 19.2 Å². The fourth-order valence-corrected chi connectivity index (χ4v) is 9.22. The smallest absolute Gasteiger partial charge is 0.306 e. The van der Waals surface area contributed by atoms with Gasteiger partial charge in [0.2, 0.25) is 0 Å². The molecule has 0 aromatic carbocycles. The van der Waals surface area contributed by atoms with Gasteiger partial charge in [-0.1, -0.05) is 181 Å². The molecule has 2 unspecified atom stereocenters. The van der Waals surface area contributed by atoms with Crippen molar-refractivity contribution < 1.29 is 38.1 Å². The minimum atomic E-state index is -1.07. The maximum Gasteiger partial charge on any atom is 0.306 e. The van der Waals surface area contributed by atoms with E-state index in [0.29, 0.717) is 12.8 Å². The molecule has 2 atom stereocenters. The highest BCUT2D eigenvalue weighted by Crippen LogP contribution is 2.18. The number of carbonyl (C=O) groups is 4. The molecule has 2 heterocycles. The Morgan fingerprint density at radius 2 is 0.594 bits per heavy atom. The van der Waals surface area contributed by atoms with Crippen molar-refractivity contribution in [2.75, 3.05) is 52.5 Å². The standard InChI is InChI=1S/C54H100N2O8/c1-3-5-7-9-11-13-15-17-19-21-23-25-27-29-37-51(57)61-47-49(63-53(59)39-35-45-55-41-31-32-42-55)50(64-54(60)40-36-46-56-43-33-34-44-56)48-62-52(58)38-30-28-26-24-22-20-18-16-14-12-10-8-6-4-2/h49-50H,3-48H2,1-2H3. The van der Waals surface area contributed by atoms with E-state index < -0.39 is 24.1 Å². The Hall–Kier alpha value is -2.20. The molecule has 0 N–H and O–H groups in total. The highest BCUT2D eigenvalue weighted by molar-refractivity contribution is 5.72. The molecule has 374 valence electrons. The second kappa shape index (κ2) is 42.2. The molecule has 0 saturated carbocycles. The van der Waals surface area contributed by atoms with E-state index in [9.17, 15) is 19.2 Å². The fourth-order valence-electron chi connectivity index (χ4n) is 9.22. The van der Waals surface area contributed by atoms with Crippen molar-refractivity contribution in [3.63, 3.8) is 0 Å². The Kier molecular flexibility index (Phi) is 38.2. The van der Waals surface area contributed by atoms with Crippen molar-refractivity contribution in [2.45, 2.75) is 270 Å². The summed E-state index contributed by atoms with van der Waals surface area (Å²) >= 11 is 0. The highest BCUT2D eigenvalue weighted by Gasteiger charge is 2.32. The van der Waals surface area contributed by atoms with Gasteiger partial charge < -0.3 is 28.7 Å². The second-order valence-corrected chi connectivity index (χ2v) is 19.4. The van der Waals surface area contributed by atoms with E-state index in [1.807, 2.05) is 0 Å². The third-order valence-electron chi connectivity index (χ3n) is 13.4. The Morgan fingerprint density at radius 1 is 0.344 bits per heavy atom. The van der Waals surface area contributed by atoms with E-state index >= 15 is 0 Å². The predicted octanol–water partition coefficient (Wildman–Crippen LogP) is 13.4. The summed E-state index contributed by atoms with van der Waals surface area (Å²) in [6.07, 6.45) is 39.5. The largest absolute Gasteiger partial charge is 0.462 e. The Morgan fingerprint density at radius 3 is 0.875 bits per heavy atom. The van der Waals surface area contributed by atoms with E-state index in [4.69, 9.17) is 18.9 Å². The molecule has 10 heteroatoms. The second-order valence-electron chi connectivity index (χ2n) is 19.4. The van der Waals surface area contributed by atoms with Gasteiger partial charge in [0.25, 0.3) is 0 Å². The molecule has 0 amide bonds. The van der Waals surface area contributed by atoms with Crippen LogP contribution in [0.1, 0.15) is 258 Å². The van der Waals surface area contributed by atoms with Gasteiger partial charge in [0.1, 0.15) is 13.2 Å². The number of carbonyl (C=O) groups excluding carboxylic acids is 4. The quantitative estimate of drug-likeness (QED) is 0.0333. The van der Waals surface area contributed by atoms with Gasteiger partial charge in [-0.05, 0) is 90.6 Å². The molecule has 0 aliphatic carbocycles. The number of hydrogen-bond acceptors (Lipinski definition) is 10. The summed E-state index contributed by atoms with van der Waals surface area (Å²) < 4.78 is 23.3. The molecular formula is C54H100N2O8. The van der Waals surface area contributed by atoms with Gasteiger partial charge in [-0.25, -0.2) is 0 Å². The minimum absolute atomic E-state index is 0.204. The zero-order valence-corrected chi connectivity index (χ0v) is 41.8. The first-order valence-electron chi connectivity index (χ1n) is 27.6. The lowest BCUT2D eigenvalue weighted by Crippen LogP contribution is -2.42. The molecule has 64 heavy (non-hydrogen) atoms. The van der Waals surface area contributed by atoms with Crippen LogP contribution >= 0.6 is 0 Å². The summed E-state index contributed by atoms with van der Waals surface area (Å²) in [5.41, 5.74) is 0. The molecular weight excluding hydrogens is 805 g/mol. The van der Waals surface area contributed by atoms with Crippen molar-refractivity contribution in [1.29, 1.82) is 0 Å². The van der Waals surface area contributed by atoms with Crippen LogP contribution < -0.4 is 0 Å². The van der Waals surface area contributed by atoms with Crippen LogP contribution in [0.2, 0.25) is 0 Å². The summed E-state index contributed by atoms with van der Waals surface area (Å²) in [7, 11) is 0. The van der Waals surface area contributed by atoms with Crippen LogP contribution in [0.15, 0.2) is 0 Å². The Bertz CT molecular complexity index is 1040. The number of likely N-dealkylation sites (tertiary alicyclic amines) is 2. The van der Waals surface area contributed by atoms with Crippen LogP contribution in [0, 0.1) is 0 Å². The van der Waals surface area contributed by atoms with Crippen LogP contribution in [0.4, 0.5) is 0 Å². The van der Waals surface area contributed by atoms with Crippen molar-refractivity contribution in [2.24, 2.45) is 0 Å². The van der Waals surface area contributed by atoms with Crippen LogP contribution in [0.3, 0.4) is 0 Å². The zero-order valence-electron chi connectivity index (χ0n) is 41.8. The molecule has 2 rings (SSSR count). The molecule has 2 aliphatic heterocycles. The van der Waals surface area contributed by atoms with Crippen LogP contribution in [-0.2, 0) is 38.1 Å². The number of nitrogens with zero attached hydrogens (tertiary/aromatic N) is 2. The Balaban J connectivity index is 1.84. The predicted molar refractivity (Wildman–Crippen MR) is 261 cm³/mol. The van der Waals surface area contributed by atoms with E-state index in [1.54, 1.807) is 0 Å². The maximum atomic E-state index is 13.3. The summed E-state index contributed by atoms with van der Waals surface area (Å²) in [4.78, 5) is 57.2. The lowest BCUT2D eigenvalue weighted by molar-refractivity contribution is -0.183. The van der Waals surface area contributed by atoms with E-state index in [-0.39, 0.29) is 50.8 Å². The molecule has 2 fully saturated rings. The Labute approximate surface area is 393 Å². The average molecular weight is 905 g/mol. The average Bonchev–Trinajstić information content (AvgIpc) is 4.02. The number of unbranched alkanes of at least 4 members (excludes halogenated alkanes) is 26. The normalized spacial score (nSPS) is 15.3. The van der Waals surface area contributed by atoms with Crippen molar-refractivity contribution in [3.05, 3.63) is 0 Å². The number of ether oxygens (including phenoxy) is 4. The number of esters is 4. The van der Waals surface area contributed by atoms with Gasteiger partial charge in [-0.15, -0.1) is 0 Å². The first-order valence-corrected chi connectivity index (χ1v) is 27.6. The fraction of sp³-hybridized carbons (Fsp3) is 0.926. The number of hydrogen-bond donors (Lipinski definition) is 0. The van der Waals surface area contributed by atoms with E-state index in [1.165, 1.54) is 167 Å². The topological polar surface area (TPSA) is 112 Å². The molecule has 0 spiro atoms. The third-order valence-corrected chi connectivity index (χ3v) is 13.4. The molecule has 2 aliphatic rings. The van der Waals surface area contributed by atoms with Crippen molar-refractivity contribution in [3.8, 4) is 0 Å². The highest BCUT2D eigenvalue weighted by atomic mass is 16.6. The third kappa shape index (κ3) is 34.2. The first-order chi connectivity index (χ1) is 31.4.